The molecule has 0 radical (unpaired) electrons. The van der Waals surface area contributed by atoms with Crippen LogP contribution in [0.15, 0.2) is 0 Å². The number of cyclic esters (lactones) is 1. The van der Waals surface area contributed by atoms with E-state index in [1.165, 1.54) is 0 Å². The Bertz CT molecular complexity index is 145. The summed E-state index contributed by atoms with van der Waals surface area (Å²) in [5, 5.41) is 26.0. The van der Waals surface area contributed by atoms with Crippen LogP contribution in [0.5, 0.6) is 0 Å². The fourth-order valence-electron chi connectivity index (χ4n) is 0.777. The molecule has 3 N–H and O–H groups in total. The Hall–Kier alpha value is -0.650. The Morgan fingerprint density at radius 2 is 2.10 bits per heavy atom. The van der Waals surface area contributed by atoms with Crippen molar-refractivity contribution in [1.82, 2.24) is 0 Å². The van der Waals surface area contributed by atoms with Gasteiger partial charge in [0.1, 0.15) is 6.10 Å². The molecule has 5 heteroatoms. The molecule has 0 saturated carbocycles. The van der Waals surface area contributed by atoms with Crippen LogP contribution >= 0.6 is 0 Å². The van der Waals surface area contributed by atoms with Gasteiger partial charge in [-0.3, -0.25) is 0 Å². The Labute approximate surface area is 56.9 Å². The van der Waals surface area contributed by atoms with E-state index in [2.05, 4.69) is 4.74 Å². The predicted molar refractivity (Wildman–Crippen MR) is 29.0 cm³/mol. The van der Waals surface area contributed by atoms with Gasteiger partial charge < -0.3 is 20.1 Å². The molecule has 1 heterocycles. The van der Waals surface area contributed by atoms with E-state index in [0.29, 0.717) is 0 Å². The summed E-state index contributed by atoms with van der Waals surface area (Å²) in [6.07, 6.45) is -3.77. The zero-order valence-electron chi connectivity index (χ0n) is 5.10. The lowest BCUT2D eigenvalue weighted by Gasteiger charge is -2.08. The Morgan fingerprint density at radius 3 is 2.30 bits per heavy atom. The largest absolute Gasteiger partial charge is 0.455 e. The fourth-order valence-corrected chi connectivity index (χ4v) is 0.777. The van der Waals surface area contributed by atoms with E-state index in [1.807, 2.05) is 0 Å². The molecule has 0 amide bonds. The second-order valence-corrected chi connectivity index (χ2v) is 2.09. The van der Waals surface area contributed by atoms with Crippen LogP contribution in [0.3, 0.4) is 0 Å². The van der Waals surface area contributed by atoms with Crippen LogP contribution in [0.4, 0.5) is 0 Å². The summed E-state index contributed by atoms with van der Waals surface area (Å²) in [6, 6.07) is 0. The van der Waals surface area contributed by atoms with Gasteiger partial charge in [0.05, 0.1) is 6.61 Å². The van der Waals surface area contributed by atoms with Gasteiger partial charge in [0.25, 0.3) is 0 Å². The topological polar surface area (TPSA) is 87.0 Å². The molecule has 10 heavy (non-hydrogen) atoms. The highest BCUT2D eigenvalue weighted by Crippen LogP contribution is 2.14. The van der Waals surface area contributed by atoms with Crippen molar-refractivity contribution in [2.75, 3.05) is 6.61 Å². The van der Waals surface area contributed by atoms with Gasteiger partial charge in [0.2, 0.25) is 0 Å². The molecule has 1 aliphatic heterocycles. The first-order chi connectivity index (χ1) is 4.66. The van der Waals surface area contributed by atoms with Crippen LogP contribution in [0, 0.1) is 0 Å². The molecule has 5 nitrogen and oxygen atoms in total. The number of carbonyl (C=O) groups excluding carboxylic acids is 1. The number of aliphatic hydroxyl groups excluding tert-OH is 3. The molecule has 0 aliphatic carbocycles. The lowest BCUT2D eigenvalue weighted by molar-refractivity contribution is -0.148. The van der Waals surface area contributed by atoms with Crippen molar-refractivity contribution >= 4 is 5.97 Å². The lowest BCUT2D eigenvalue weighted by atomic mass is 10.1. The van der Waals surface area contributed by atoms with Gasteiger partial charge in [0.15, 0.2) is 12.2 Å². The maximum Gasteiger partial charge on any atom is 0.338 e. The summed E-state index contributed by atoms with van der Waals surface area (Å²) < 4.78 is 4.35. The molecule has 1 fully saturated rings. The van der Waals surface area contributed by atoms with Gasteiger partial charge in [-0.15, -0.1) is 0 Å². The van der Waals surface area contributed by atoms with Crippen LogP contribution in [0.25, 0.3) is 0 Å². The van der Waals surface area contributed by atoms with Crippen molar-refractivity contribution in [3.05, 3.63) is 0 Å². The molecule has 3 atom stereocenters. The van der Waals surface area contributed by atoms with Gasteiger partial charge in [-0.1, -0.05) is 0 Å². The van der Waals surface area contributed by atoms with Gasteiger partial charge in [-0.25, -0.2) is 4.79 Å². The number of aliphatic hydroxyl groups is 3. The molecule has 0 aromatic heterocycles. The number of hydrogen-bond acceptors (Lipinski definition) is 5. The summed E-state index contributed by atoms with van der Waals surface area (Å²) in [5.41, 5.74) is 0. The normalized spacial score (nSPS) is 39.9. The predicted octanol–water partition coefficient (Wildman–Crippen LogP) is -2.37. The highest BCUT2D eigenvalue weighted by Gasteiger charge is 2.41. The lowest BCUT2D eigenvalue weighted by Crippen LogP contribution is -2.32. The second-order valence-electron chi connectivity index (χ2n) is 2.09. The first-order valence-electron chi connectivity index (χ1n) is 2.84. The second kappa shape index (κ2) is 2.53. The van der Waals surface area contributed by atoms with E-state index >= 15 is 0 Å². The Kier molecular flexibility index (Phi) is 1.89. The number of esters is 1. The van der Waals surface area contributed by atoms with Crippen LogP contribution in [-0.4, -0.2) is 46.2 Å². The molecular weight excluding hydrogens is 140 g/mol. The molecule has 1 aliphatic rings. The molecule has 1 saturated heterocycles. The number of ether oxygens (including phenoxy) is 1. The fraction of sp³-hybridized carbons (Fsp3) is 0.800. The summed E-state index contributed by atoms with van der Waals surface area (Å²) in [5.74, 6) is -0.883. The van der Waals surface area contributed by atoms with E-state index < -0.39 is 30.9 Å². The van der Waals surface area contributed by atoms with Crippen LogP contribution < -0.4 is 0 Å². The maximum atomic E-state index is 10.4. The van der Waals surface area contributed by atoms with Crippen molar-refractivity contribution in [1.29, 1.82) is 0 Å². The molecule has 0 aromatic rings. The molecule has 0 bridgehead atoms. The zero-order valence-corrected chi connectivity index (χ0v) is 5.10. The summed E-state index contributed by atoms with van der Waals surface area (Å²) >= 11 is 0. The van der Waals surface area contributed by atoms with Gasteiger partial charge >= 0.3 is 5.97 Å². The van der Waals surface area contributed by atoms with Crippen molar-refractivity contribution in [2.45, 2.75) is 18.3 Å². The Morgan fingerprint density at radius 1 is 1.50 bits per heavy atom. The van der Waals surface area contributed by atoms with E-state index in [9.17, 15) is 4.79 Å². The quantitative estimate of drug-likeness (QED) is 0.362. The monoisotopic (exact) mass is 148 g/mol. The van der Waals surface area contributed by atoms with Crippen molar-refractivity contribution in [3.8, 4) is 0 Å². The first-order valence-corrected chi connectivity index (χ1v) is 2.84. The summed E-state index contributed by atoms with van der Waals surface area (Å²) in [6.45, 7) is -0.468. The van der Waals surface area contributed by atoms with E-state index in [4.69, 9.17) is 15.3 Å². The third-order valence-corrected chi connectivity index (χ3v) is 1.39. The molecule has 2 unspecified atom stereocenters. The minimum Gasteiger partial charge on any atom is -0.455 e. The van der Waals surface area contributed by atoms with Crippen LogP contribution in [-0.2, 0) is 9.53 Å². The molecular formula is C5H8O5. The van der Waals surface area contributed by atoms with Gasteiger partial charge in [-0.2, -0.15) is 0 Å². The minimum absolute atomic E-state index is 0.468. The maximum absolute atomic E-state index is 10.4. The Balaban J connectivity index is 2.61. The average Bonchev–Trinajstić information content (AvgIpc) is 2.17. The highest BCUT2D eigenvalue weighted by atomic mass is 16.6. The standard InChI is InChI=1S/C5H8O5/c6-1-2-3(7)4(8)5(9)10-2/h2-4,6-8H,1H2/t2-,3?,4?/m1/s1. The third kappa shape index (κ3) is 0.985. The number of rotatable bonds is 1. The molecule has 1 rings (SSSR count). The molecule has 0 aromatic carbocycles. The number of carbonyl (C=O) groups is 1. The SMILES string of the molecule is O=C1O[C@H](CO)C(O)C1O. The number of hydrogen-bond donors (Lipinski definition) is 3. The van der Waals surface area contributed by atoms with Gasteiger partial charge in [-0.05, 0) is 0 Å². The van der Waals surface area contributed by atoms with Crippen molar-refractivity contribution in [2.24, 2.45) is 0 Å². The van der Waals surface area contributed by atoms with E-state index in [-0.39, 0.29) is 0 Å². The van der Waals surface area contributed by atoms with E-state index in [1.54, 1.807) is 0 Å². The highest BCUT2D eigenvalue weighted by molar-refractivity contribution is 5.77. The van der Waals surface area contributed by atoms with Gasteiger partial charge in [0, 0.05) is 0 Å². The van der Waals surface area contributed by atoms with Crippen LogP contribution in [0.2, 0.25) is 0 Å². The van der Waals surface area contributed by atoms with Crippen molar-refractivity contribution < 1.29 is 24.9 Å². The third-order valence-electron chi connectivity index (χ3n) is 1.39. The van der Waals surface area contributed by atoms with Crippen molar-refractivity contribution in [3.63, 3.8) is 0 Å². The minimum atomic E-state index is -1.50. The summed E-state index contributed by atoms with van der Waals surface area (Å²) in [4.78, 5) is 10.4. The first kappa shape index (κ1) is 7.46. The van der Waals surface area contributed by atoms with E-state index in [0.717, 1.165) is 0 Å². The smallest absolute Gasteiger partial charge is 0.338 e. The summed E-state index contributed by atoms with van der Waals surface area (Å²) in [7, 11) is 0. The van der Waals surface area contributed by atoms with Crippen LogP contribution in [0.1, 0.15) is 0 Å². The zero-order chi connectivity index (χ0) is 7.72. The molecule has 58 valence electrons. The average molecular weight is 148 g/mol. The molecule has 0 spiro atoms.